The maximum atomic E-state index is 12.4. The fourth-order valence-corrected chi connectivity index (χ4v) is 2.98. The molecule has 0 amide bonds. The summed E-state index contributed by atoms with van der Waals surface area (Å²) in [5, 5.41) is 33.2. The van der Waals surface area contributed by atoms with Gasteiger partial charge in [0.1, 0.15) is 0 Å². The van der Waals surface area contributed by atoms with E-state index in [9.17, 15) is 35.1 Å². The Labute approximate surface area is 179 Å². The van der Waals surface area contributed by atoms with Crippen LogP contribution in [0.1, 0.15) is 10.4 Å². The summed E-state index contributed by atoms with van der Waals surface area (Å²) in [6.45, 7) is 0. The fourth-order valence-electron chi connectivity index (χ4n) is 2.98. The first-order valence-corrected chi connectivity index (χ1v) is 8.88. The number of carbonyl (C=O) groups is 1. The van der Waals surface area contributed by atoms with Crippen molar-refractivity contribution in [2.24, 2.45) is 0 Å². The molecular weight excluding hydrogens is 424 g/mol. The molecule has 0 aliphatic heterocycles. The number of ether oxygens (including phenoxy) is 1. The Morgan fingerprint density at radius 3 is 1.50 bits per heavy atom. The van der Waals surface area contributed by atoms with Gasteiger partial charge in [-0.2, -0.15) is 0 Å². The second kappa shape index (κ2) is 8.87. The predicted molar refractivity (Wildman–Crippen MR) is 112 cm³/mol. The molecule has 0 radical (unpaired) electrons. The van der Waals surface area contributed by atoms with E-state index in [1.54, 1.807) is 0 Å². The van der Waals surface area contributed by atoms with Gasteiger partial charge in [0.25, 0.3) is 17.1 Å². The van der Waals surface area contributed by atoms with E-state index in [2.05, 4.69) is 0 Å². The summed E-state index contributed by atoms with van der Waals surface area (Å²) in [6.07, 6.45) is 0. The van der Waals surface area contributed by atoms with Crippen molar-refractivity contribution in [3.05, 3.63) is 103 Å². The quantitative estimate of drug-likeness (QED) is 0.290. The topological polar surface area (TPSA) is 159 Å². The Kier molecular flexibility index (Phi) is 6.05. The van der Waals surface area contributed by atoms with Crippen LogP contribution in [0.25, 0.3) is 0 Å². The van der Waals surface area contributed by atoms with Crippen LogP contribution in [-0.4, -0.2) is 27.8 Å². The number of esters is 1. The molecule has 0 saturated carbocycles. The molecule has 0 aromatic heterocycles. The molecule has 3 aromatic carbocycles. The lowest BCUT2D eigenvalue weighted by molar-refractivity contribution is -0.385. The number of nitro groups is 3. The number of nitro benzene ring substituents is 3. The zero-order valence-corrected chi connectivity index (χ0v) is 16.4. The van der Waals surface area contributed by atoms with Crippen molar-refractivity contribution in [2.45, 2.75) is 0 Å². The van der Waals surface area contributed by atoms with Gasteiger partial charge in [0, 0.05) is 47.8 Å². The highest BCUT2D eigenvalue weighted by Gasteiger charge is 2.24. The zero-order chi connectivity index (χ0) is 23.4. The minimum absolute atomic E-state index is 0.140. The molecule has 0 atom stereocenters. The van der Waals surface area contributed by atoms with Crippen LogP contribution in [0.5, 0.6) is 0 Å². The molecule has 12 nitrogen and oxygen atoms in total. The highest BCUT2D eigenvalue weighted by molar-refractivity contribution is 5.99. The lowest BCUT2D eigenvalue weighted by atomic mass is 10.1. The maximum Gasteiger partial charge on any atom is 0.340 e. The summed E-state index contributed by atoms with van der Waals surface area (Å²) in [5.74, 6) is -0.850. The van der Waals surface area contributed by atoms with Gasteiger partial charge in [-0.05, 0) is 30.3 Å². The van der Waals surface area contributed by atoms with Gasteiger partial charge in [-0.1, -0.05) is 0 Å². The maximum absolute atomic E-state index is 12.4. The molecular formula is C20H14N4O8. The summed E-state index contributed by atoms with van der Waals surface area (Å²) in [6, 6.07) is 14.2. The minimum Gasteiger partial charge on any atom is -0.465 e. The fraction of sp³-hybridized carbons (Fsp3) is 0.0500. The molecule has 3 aromatic rings. The van der Waals surface area contributed by atoms with Gasteiger partial charge in [0.2, 0.25) is 0 Å². The number of hydrogen-bond acceptors (Lipinski definition) is 9. The van der Waals surface area contributed by atoms with Crippen molar-refractivity contribution in [3.8, 4) is 0 Å². The number of methoxy groups -OCH3 is 1. The van der Waals surface area contributed by atoms with E-state index in [-0.39, 0.29) is 28.3 Å². The smallest absolute Gasteiger partial charge is 0.340 e. The number of non-ortho nitro benzene ring substituents is 3. The zero-order valence-electron chi connectivity index (χ0n) is 16.4. The Hall–Kier alpha value is -4.87. The van der Waals surface area contributed by atoms with E-state index in [1.165, 1.54) is 65.6 Å². The van der Waals surface area contributed by atoms with Crippen LogP contribution in [0.15, 0.2) is 66.7 Å². The summed E-state index contributed by atoms with van der Waals surface area (Å²) in [5.41, 5.74) is 0.0700. The summed E-state index contributed by atoms with van der Waals surface area (Å²) in [4.78, 5) is 45.3. The first-order chi connectivity index (χ1) is 15.2. The third kappa shape index (κ3) is 4.33. The number of rotatable bonds is 7. The average molecular weight is 438 g/mol. The normalized spacial score (nSPS) is 10.3. The van der Waals surface area contributed by atoms with Crippen LogP contribution in [0.3, 0.4) is 0 Å². The molecule has 0 unspecified atom stereocenters. The van der Waals surface area contributed by atoms with Gasteiger partial charge in [-0.15, -0.1) is 0 Å². The van der Waals surface area contributed by atoms with E-state index in [4.69, 9.17) is 4.74 Å². The molecule has 3 rings (SSSR count). The molecule has 32 heavy (non-hydrogen) atoms. The molecule has 0 saturated heterocycles. The molecule has 0 spiro atoms. The molecule has 12 heteroatoms. The standard InChI is InChI=1S/C20H14N4O8/c1-32-20(25)18-12-17(24(30)31)10-11-19(18)21(13-2-6-15(7-3-13)22(26)27)14-4-8-16(9-5-14)23(28)29/h2-12H,1H3. The highest BCUT2D eigenvalue weighted by Crippen LogP contribution is 2.39. The van der Waals surface area contributed by atoms with Gasteiger partial charge in [-0.25, -0.2) is 4.79 Å². The van der Waals surface area contributed by atoms with Crippen LogP contribution in [0, 0.1) is 30.3 Å². The van der Waals surface area contributed by atoms with E-state index in [0.29, 0.717) is 11.4 Å². The molecule has 0 aliphatic carbocycles. The molecule has 162 valence electrons. The monoisotopic (exact) mass is 438 g/mol. The summed E-state index contributed by atoms with van der Waals surface area (Å²) < 4.78 is 4.77. The molecule has 0 heterocycles. The first kappa shape index (κ1) is 21.8. The lowest BCUT2D eigenvalue weighted by Crippen LogP contribution is -2.15. The second-order valence-corrected chi connectivity index (χ2v) is 6.33. The minimum atomic E-state index is -0.850. The van der Waals surface area contributed by atoms with Crippen molar-refractivity contribution in [1.29, 1.82) is 0 Å². The van der Waals surface area contributed by atoms with Crippen molar-refractivity contribution >= 4 is 40.1 Å². The van der Waals surface area contributed by atoms with Gasteiger partial charge in [0.05, 0.1) is 33.1 Å². The highest BCUT2D eigenvalue weighted by atomic mass is 16.6. The van der Waals surface area contributed by atoms with Crippen molar-refractivity contribution in [3.63, 3.8) is 0 Å². The molecule has 0 bridgehead atoms. The largest absolute Gasteiger partial charge is 0.465 e. The van der Waals surface area contributed by atoms with Crippen LogP contribution >= 0.6 is 0 Å². The Balaban J connectivity index is 2.24. The van der Waals surface area contributed by atoms with E-state index < -0.39 is 20.7 Å². The number of nitrogens with zero attached hydrogens (tertiary/aromatic N) is 4. The van der Waals surface area contributed by atoms with Crippen LogP contribution in [0.2, 0.25) is 0 Å². The third-order valence-corrected chi connectivity index (χ3v) is 4.47. The SMILES string of the molecule is COC(=O)c1cc([N+](=O)[O-])ccc1N(c1ccc([N+](=O)[O-])cc1)c1ccc([N+](=O)[O-])cc1. The van der Waals surface area contributed by atoms with E-state index >= 15 is 0 Å². The van der Waals surface area contributed by atoms with Gasteiger partial charge >= 0.3 is 5.97 Å². The van der Waals surface area contributed by atoms with Gasteiger partial charge in [0.15, 0.2) is 0 Å². The van der Waals surface area contributed by atoms with E-state index in [1.807, 2.05) is 0 Å². The predicted octanol–water partition coefficient (Wildman–Crippen LogP) is 4.67. The summed E-state index contributed by atoms with van der Waals surface area (Å²) in [7, 11) is 1.12. The molecule has 0 N–H and O–H groups in total. The Bertz CT molecular complexity index is 1150. The van der Waals surface area contributed by atoms with Crippen molar-refractivity contribution in [2.75, 3.05) is 12.0 Å². The van der Waals surface area contributed by atoms with Gasteiger partial charge < -0.3 is 9.64 Å². The second-order valence-electron chi connectivity index (χ2n) is 6.33. The first-order valence-electron chi connectivity index (χ1n) is 8.88. The Morgan fingerprint density at radius 1 is 0.719 bits per heavy atom. The number of carbonyl (C=O) groups excluding carboxylic acids is 1. The number of anilines is 3. The molecule has 0 aliphatic rings. The lowest BCUT2D eigenvalue weighted by Gasteiger charge is -2.26. The summed E-state index contributed by atoms with van der Waals surface area (Å²) >= 11 is 0. The van der Waals surface area contributed by atoms with Crippen LogP contribution < -0.4 is 4.90 Å². The molecule has 0 fully saturated rings. The number of hydrogen-bond donors (Lipinski definition) is 0. The third-order valence-electron chi connectivity index (χ3n) is 4.47. The van der Waals surface area contributed by atoms with Gasteiger partial charge in [-0.3, -0.25) is 30.3 Å². The van der Waals surface area contributed by atoms with Crippen molar-refractivity contribution in [1.82, 2.24) is 0 Å². The number of benzene rings is 3. The van der Waals surface area contributed by atoms with Crippen molar-refractivity contribution < 1.29 is 24.3 Å². The van der Waals surface area contributed by atoms with Crippen LogP contribution in [-0.2, 0) is 4.74 Å². The Morgan fingerprint density at radius 2 is 1.12 bits per heavy atom. The van der Waals surface area contributed by atoms with Crippen LogP contribution in [0.4, 0.5) is 34.1 Å². The van der Waals surface area contributed by atoms with E-state index in [0.717, 1.165) is 13.2 Å². The average Bonchev–Trinajstić information content (AvgIpc) is 2.79.